The number of carboxylic acid groups (broad SMARTS) is 1. The molecule has 1 N–H and O–H groups in total. The molecule has 0 spiro atoms. The summed E-state index contributed by atoms with van der Waals surface area (Å²) in [6.45, 7) is 8.04. The molecule has 2 fully saturated rings. The summed E-state index contributed by atoms with van der Waals surface area (Å²) in [7, 11) is 0. The number of carboxylic acids is 1. The molecule has 0 aromatic carbocycles. The zero-order valence-electron chi connectivity index (χ0n) is 11.0. The van der Waals surface area contributed by atoms with Crippen LogP contribution in [0, 0.1) is 5.92 Å². The third-order valence-corrected chi connectivity index (χ3v) is 4.20. The highest BCUT2D eigenvalue weighted by Gasteiger charge is 2.39. The van der Waals surface area contributed by atoms with Crippen LogP contribution in [0.3, 0.4) is 0 Å². The summed E-state index contributed by atoms with van der Waals surface area (Å²) in [6.07, 6.45) is 3.24. The molecule has 3 unspecified atom stereocenters. The van der Waals surface area contributed by atoms with E-state index < -0.39 is 5.97 Å². The number of likely N-dealkylation sites (tertiary alicyclic amines) is 1. The van der Waals surface area contributed by atoms with E-state index in [0.29, 0.717) is 0 Å². The highest BCUT2D eigenvalue weighted by molar-refractivity contribution is 5.71. The van der Waals surface area contributed by atoms with Gasteiger partial charge in [-0.2, -0.15) is 0 Å². The molecule has 3 atom stereocenters. The van der Waals surface area contributed by atoms with E-state index in [2.05, 4.69) is 18.7 Å². The molecular weight excluding hydrogens is 218 g/mol. The second-order valence-electron chi connectivity index (χ2n) is 6.01. The van der Waals surface area contributed by atoms with Gasteiger partial charge in [0.25, 0.3) is 0 Å². The second kappa shape index (κ2) is 4.58. The van der Waals surface area contributed by atoms with E-state index in [0.717, 1.165) is 32.4 Å². The van der Waals surface area contributed by atoms with Crippen molar-refractivity contribution in [2.45, 2.75) is 57.8 Å². The molecule has 0 aromatic heterocycles. The van der Waals surface area contributed by atoms with E-state index in [1.807, 2.05) is 6.92 Å². The maximum Gasteiger partial charge on any atom is 0.308 e. The first-order chi connectivity index (χ1) is 7.89. The summed E-state index contributed by atoms with van der Waals surface area (Å²) in [4.78, 5) is 13.3. The summed E-state index contributed by atoms with van der Waals surface area (Å²) in [5.41, 5.74) is -0.000170. The monoisotopic (exact) mass is 241 g/mol. The quantitative estimate of drug-likeness (QED) is 0.817. The molecule has 2 saturated heterocycles. The third kappa shape index (κ3) is 2.80. The number of hydrogen-bond donors (Lipinski definition) is 1. The maximum atomic E-state index is 11.0. The predicted octanol–water partition coefficient (Wildman–Crippen LogP) is 1.74. The lowest BCUT2D eigenvalue weighted by molar-refractivity contribution is -0.142. The van der Waals surface area contributed by atoms with Crippen LogP contribution in [0.5, 0.6) is 0 Å². The molecule has 2 heterocycles. The molecule has 0 radical (unpaired) electrons. The Hall–Kier alpha value is -0.610. The van der Waals surface area contributed by atoms with Crippen LogP contribution in [0.15, 0.2) is 0 Å². The molecule has 0 aromatic rings. The minimum atomic E-state index is -0.660. The highest BCUT2D eigenvalue weighted by atomic mass is 16.5. The van der Waals surface area contributed by atoms with Crippen molar-refractivity contribution in [1.29, 1.82) is 0 Å². The van der Waals surface area contributed by atoms with Gasteiger partial charge in [-0.1, -0.05) is 0 Å². The fraction of sp³-hybridized carbons (Fsp3) is 0.923. The molecule has 4 heteroatoms. The van der Waals surface area contributed by atoms with Crippen LogP contribution in [-0.4, -0.2) is 46.8 Å². The Morgan fingerprint density at radius 3 is 2.65 bits per heavy atom. The number of nitrogens with zero attached hydrogens (tertiary/aromatic N) is 1. The van der Waals surface area contributed by atoms with Gasteiger partial charge in [-0.15, -0.1) is 0 Å². The summed E-state index contributed by atoms with van der Waals surface area (Å²) in [5.74, 6) is -0.864. The predicted molar refractivity (Wildman–Crippen MR) is 65.0 cm³/mol. The first kappa shape index (κ1) is 12.8. The van der Waals surface area contributed by atoms with Gasteiger partial charge >= 0.3 is 5.97 Å². The van der Waals surface area contributed by atoms with Gasteiger partial charge in [-0.25, -0.2) is 0 Å². The van der Waals surface area contributed by atoms with Gasteiger partial charge in [0.1, 0.15) is 0 Å². The zero-order valence-corrected chi connectivity index (χ0v) is 11.0. The van der Waals surface area contributed by atoms with Crippen LogP contribution in [-0.2, 0) is 9.53 Å². The topological polar surface area (TPSA) is 49.8 Å². The number of carbonyl (C=O) groups is 1. The van der Waals surface area contributed by atoms with Gasteiger partial charge < -0.3 is 9.84 Å². The van der Waals surface area contributed by atoms with Crippen LogP contribution < -0.4 is 0 Å². The molecule has 2 rings (SSSR count). The van der Waals surface area contributed by atoms with E-state index in [4.69, 9.17) is 9.84 Å². The fourth-order valence-electron chi connectivity index (χ4n) is 3.06. The molecule has 17 heavy (non-hydrogen) atoms. The van der Waals surface area contributed by atoms with E-state index in [9.17, 15) is 4.79 Å². The minimum Gasteiger partial charge on any atom is -0.481 e. The van der Waals surface area contributed by atoms with Crippen LogP contribution >= 0.6 is 0 Å². The summed E-state index contributed by atoms with van der Waals surface area (Å²) < 4.78 is 5.97. The minimum absolute atomic E-state index is 0.000170. The Morgan fingerprint density at radius 1 is 1.47 bits per heavy atom. The first-order valence-corrected chi connectivity index (χ1v) is 6.54. The van der Waals surface area contributed by atoms with Crippen molar-refractivity contribution in [3.05, 3.63) is 0 Å². The van der Waals surface area contributed by atoms with Gasteiger partial charge in [0.15, 0.2) is 0 Å². The van der Waals surface area contributed by atoms with Gasteiger partial charge in [0.05, 0.1) is 17.6 Å². The van der Waals surface area contributed by atoms with E-state index in [-0.39, 0.29) is 23.7 Å². The molecule has 0 amide bonds. The van der Waals surface area contributed by atoms with E-state index >= 15 is 0 Å². The zero-order chi connectivity index (χ0) is 12.6. The van der Waals surface area contributed by atoms with Crippen molar-refractivity contribution >= 4 is 5.97 Å². The first-order valence-electron chi connectivity index (χ1n) is 6.54. The molecule has 2 aliphatic rings. The lowest BCUT2D eigenvalue weighted by atomic mass is 10.0. The van der Waals surface area contributed by atoms with Crippen molar-refractivity contribution in [1.82, 2.24) is 4.90 Å². The van der Waals surface area contributed by atoms with Crippen molar-refractivity contribution < 1.29 is 14.6 Å². The Kier molecular flexibility index (Phi) is 3.46. The average Bonchev–Trinajstić information content (AvgIpc) is 2.72. The van der Waals surface area contributed by atoms with Gasteiger partial charge in [-0.05, 0) is 46.6 Å². The number of ether oxygens (including phenoxy) is 1. The van der Waals surface area contributed by atoms with Crippen molar-refractivity contribution in [3.63, 3.8) is 0 Å². The molecular formula is C13H23NO3. The third-order valence-electron chi connectivity index (χ3n) is 4.20. The maximum absolute atomic E-state index is 11.0. The number of rotatable bonds is 3. The Balaban J connectivity index is 1.87. The molecule has 0 aliphatic carbocycles. The van der Waals surface area contributed by atoms with Gasteiger partial charge in [0, 0.05) is 12.6 Å². The molecule has 0 bridgehead atoms. The highest BCUT2D eigenvalue weighted by Crippen LogP contribution is 2.32. The van der Waals surface area contributed by atoms with Crippen LogP contribution in [0.1, 0.15) is 40.0 Å². The second-order valence-corrected chi connectivity index (χ2v) is 6.01. The van der Waals surface area contributed by atoms with Gasteiger partial charge in [-0.3, -0.25) is 9.69 Å². The smallest absolute Gasteiger partial charge is 0.308 e. The Labute approximate surface area is 103 Å². The fourth-order valence-corrected chi connectivity index (χ4v) is 3.06. The normalized spacial score (nSPS) is 37.5. The van der Waals surface area contributed by atoms with Crippen molar-refractivity contribution in [3.8, 4) is 0 Å². The van der Waals surface area contributed by atoms with Crippen LogP contribution in [0.25, 0.3) is 0 Å². The number of aliphatic carboxylic acids is 1. The number of hydrogen-bond acceptors (Lipinski definition) is 3. The molecule has 98 valence electrons. The van der Waals surface area contributed by atoms with Crippen LogP contribution in [0.2, 0.25) is 0 Å². The lowest BCUT2D eigenvalue weighted by Crippen LogP contribution is -2.38. The van der Waals surface area contributed by atoms with Crippen molar-refractivity contribution in [2.24, 2.45) is 5.92 Å². The Bertz CT molecular complexity index is 303. The molecule has 4 nitrogen and oxygen atoms in total. The standard InChI is InChI=1S/C13H23NO3/c1-9-11(12(15)16)5-7-14(9)8-10-4-6-13(2,3)17-10/h9-11H,4-8H2,1-3H3,(H,15,16). The van der Waals surface area contributed by atoms with Gasteiger partial charge in [0.2, 0.25) is 0 Å². The summed E-state index contributed by atoms with van der Waals surface area (Å²) in [6, 6.07) is 0.139. The van der Waals surface area contributed by atoms with Crippen LogP contribution in [0.4, 0.5) is 0 Å². The summed E-state index contributed by atoms with van der Waals surface area (Å²) in [5, 5.41) is 9.09. The summed E-state index contributed by atoms with van der Waals surface area (Å²) >= 11 is 0. The lowest BCUT2D eigenvalue weighted by Gasteiger charge is -2.27. The van der Waals surface area contributed by atoms with Crippen molar-refractivity contribution in [2.75, 3.05) is 13.1 Å². The van der Waals surface area contributed by atoms with E-state index in [1.54, 1.807) is 0 Å². The SMILES string of the molecule is CC1C(C(=O)O)CCN1CC1CCC(C)(C)O1. The average molecular weight is 241 g/mol. The molecule has 0 saturated carbocycles. The molecule has 2 aliphatic heterocycles. The van der Waals surface area contributed by atoms with E-state index in [1.165, 1.54) is 0 Å². The largest absolute Gasteiger partial charge is 0.481 e. The Morgan fingerprint density at radius 2 is 2.18 bits per heavy atom.